The number of hydrogen-bond acceptors (Lipinski definition) is 4. The van der Waals surface area contributed by atoms with E-state index in [4.69, 9.17) is 15.0 Å². The number of nitrogens with zero attached hydrogens (tertiary/aromatic N) is 5. The van der Waals surface area contributed by atoms with Gasteiger partial charge in [0.25, 0.3) is 0 Å². The maximum Gasteiger partial charge on any atom is 0.165 e. The Labute approximate surface area is 331 Å². The highest BCUT2D eigenvalue weighted by Crippen LogP contribution is 2.43. The molecule has 0 saturated heterocycles. The van der Waals surface area contributed by atoms with Crippen LogP contribution in [0.5, 0.6) is 0 Å². The molecule has 4 aromatic heterocycles. The van der Waals surface area contributed by atoms with Crippen LogP contribution in [0.2, 0.25) is 0 Å². The van der Waals surface area contributed by atoms with Gasteiger partial charge in [0.1, 0.15) is 0 Å². The lowest BCUT2D eigenvalue weighted by Gasteiger charge is -2.14. The fraction of sp³-hybridized carbons (Fsp3) is 0. The molecule has 0 aliphatic carbocycles. The quantitative estimate of drug-likeness (QED) is 0.176. The molecule has 0 fully saturated rings. The molecule has 0 spiro atoms. The number of rotatable bonds is 5. The van der Waals surface area contributed by atoms with Crippen molar-refractivity contribution in [3.8, 4) is 45.5 Å². The van der Waals surface area contributed by atoms with Crippen LogP contribution in [0.3, 0.4) is 0 Å². The van der Waals surface area contributed by atoms with E-state index >= 15 is 0 Å². The second kappa shape index (κ2) is 12.6. The third-order valence-electron chi connectivity index (χ3n) is 11.2. The van der Waals surface area contributed by atoms with Gasteiger partial charge in [0.05, 0.1) is 22.1 Å². The summed E-state index contributed by atoms with van der Waals surface area (Å²) in [5, 5.41) is 7.29. The summed E-state index contributed by atoms with van der Waals surface area (Å²) in [7, 11) is 0. The molecule has 0 aliphatic heterocycles. The Hall–Kier alpha value is -7.41. The number of para-hydroxylation sites is 3. The molecule has 57 heavy (non-hydrogen) atoms. The number of thiophene rings is 1. The van der Waals surface area contributed by atoms with Gasteiger partial charge in [-0.15, -0.1) is 11.3 Å². The Morgan fingerprint density at radius 2 is 0.807 bits per heavy atom. The minimum Gasteiger partial charge on any atom is -0.309 e. The Morgan fingerprint density at radius 1 is 0.333 bits per heavy atom. The summed E-state index contributed by atoms with van der Waals surface area (Å²) in [6, 6.07) is 66.8. The molecule has 12 rings (SSSR count). The molecule has 0 saturated carbocycles. The van der Waals surface area contributed by atoms with Crippen molar-refractivity contribution in [1.29, 1.82) is 0 Å². The van der Waals surface area contributed by atoms with Crippen LogP contribution in [-0.2, 0) is 0 Å². The summed E-state index contributed by atoms with van der Waals surface area (Å²) in [6.45, 7) is 0. The summed E-state index contributed by atoms with van der Waals surface area (Å²) >= 11 is 1.79. The monoisotopic (exact) mass is 745 g/mol. The first-order valence-electron chi connectivity index (χ1n) is 19.1. The smallest absolute Gasteiger partial charge is 0.165 e. The minimum atomic E-state index is 0.645. The fourth-order valence-corrected chi connectivity index (χ4v) is 9.81. The first-order valence-corrected chi connectivity index (χ1v) is 19.9. The molecule has 5 nitrogen and oxygen atoms in total. The van der Waals surface area contributed by atoms with Gasteiger partial charge in [-0.25, -0.2) is 15.0 Å². The highest BCUT2D eigenvalue weighted by atomic mass is 32.1. The van der Waals surface area contributed by atoms with E-state index in [1.54, 1.807) is 11.3 Å². The van der Waals surface area contributed by atoms with Crippen LogP contribution in [0.25, 0.3) is 109 Å². The average Bonchev–Trinajstić information content (AvgIpc) is 3.94. The third-order valence-corrected chi connectivity index (χ3v) is 12.4. The highest BCUT2D eigenvalue weighted by molar-refractivity contribution is 7.26. The molecular formula is C51H31N5S. The predicted octanol–water partition coefficient (Wildman–Crippen LogP) is 13.4. The Balaban J connectivity index is 1.17. The summed E-state index contributed by atoms with van der Waals surface area (Å²) < 4.78 is 7.20. The summed E-state index contributed by atoms with van der Waals surface area (Å²) in [5.41, 5.74) is 9.68. The van der Waals surface area contributed by atoms with Crippen LogP contribution >= 0.6 is 11.3 Å². The molecule has 0 bridgehead atoms. The van der Waals surface area contributed by atoms with E-state index < -0.39 is 0 Å². The lowest BCUT2D eigenvalue weighted by Crippen LogP contribution is -2.01. The van der Waals surface area contributed by atoms with Crippen LogP contribution in [0.15, 0.2) is 188 Å². The Morgan fingerprint density at radius 3 is 1.40 bits per heavy atom. The van der Waals surface area contributed by atoms with E-state index in [0.29, 0.717) is 17.5 Å². The van der Waals surface area contributed by atoms with Crippen molar-refractivity contribution in [2.24, 2.45) is 0 Å². The van der Waals surface area contributed by atoms with Crippen molar-refractivity contribution < 1.29 is 0 Å². The maximum atomic E-state index is 5.24. The number of fused-ring (bicyclic) bond motifs is 9. The van der Waals surface area contributed by atoms with Gasteiger partial charge in [0.2, 0.25) is 0 Å². The lowest BCUT2D eigenvalue weighted by atomic mass is 10.1. The van der Waals surface area contributed by atoms with Gasteiger partial charge in [0, 0.05) is 69.8 Å². The fourth-order valence-electron chi connectivity index (χ4n) is 8.61. The first-order chi connectivity index (χ1) is 28.3. The molecule has 0 atom stereocenters. The second-order valence-electron chi connectivity index (χ2n) is 14.4. The molecule has 266 valence electrons. The average molecular weight is 746 g/mol. The van der Waals surface area contributed by atoms with Crippen molar-refractivity contribution >= 4 is 75.1 Å². The number of aromatic nitrogens is 5. The van der Waals surface area contributed by atoms with Crippen molar-refractivity contribution in [1.82, 2.24) is 24.1 Å². The first kappa shape index (κ1) is 31.9. The van der Waals surface area contributed by atoms with Crippen LogP contribution in [0, 0.1) is 0 Å². The Bertz CT molecular complexity index is 3410. The second-order valence-corrected chi connectivity index (χ2v) is 15.5. The van der Waals surface area contributed by atoms with Gasteiger partial charge in [-0.1, -0.05) is 140 Å². The normalized spacial score (nSPS) is 11.9. The molecule has 6 heteroatoms. The van der Waals surface area contributed by atoms with E-state index in [2.05, 4.69) is 161 Å². The minimum absolute atomic E-state index is 0.645. The largest absolute Gasteiger partial charge is 0.309 e. The SMILES string of the molecule is c1ccc(-c2nc(-c3ccccc3)nc(-c3cc(-n4c5ccccc5c5ccc(-n6c7ccccc7c7ccccc76)cc54)cc4c3sc3ccccc34)n2)cc1. The van der Waals surface area contributed by atoms with Crippen LogP contribution in [-0.4, -0.2) is 24.1 Å². The maximum absolute atomic E-state index is 5.24. The molecule has 0 unspecified atom stereocenters. The van der Waals surface area contributed by atoms with E-state index in [1.165, 1.54) is 48.1 Å². The molecule has 8 aromatic carbocycles. The van der Waals surface area contributed by atoms with E-state index in [0.717, 1.165) is 43.8 Å². The van der Waals surface area contributed by atoms with Crippen molar-refractivity contribution in [2.45, 2.75) is 0 Å². The van der Waals surface area contributed by atoms with Crippen molar-refractivity contribution in [3.63, 3.8) is 0 Å². The number of benzene rings is 8. The van der Waals surface area contributed by atoms with Gasteiger partial charge in [-0.05, 0) is 48.5 Å². The molecule has 0 N–H and O–H groups in total. The zero-order valence-corrected chi connectivity index (χ0v) is 31.4. The standard InChI is InChI=1S/C51H31N5S/c1-3-15-32(16-4-1)49-52-50(33-17-5-2-6-18-33)54-51(53-49)42-30-35(29-41-40-22-10-14-26-47(40)57-48(41)42)56-45-25-13-9-21-38(45)39-28-27-34(31-46(39)56)55-43-23-11-7-19-36(43)37-20-8-12-24-44(37)55/h1-31H. The Kier molecular flexibility index (Phi) is 7.03. The molecule has 12 aromatic rings. The zero-order valence-electron chi connectivity index (χ0n) is 30.5. The van der Waals surface area contributed by atoms with Gasteiger partial charge in [-0.2, -0.15) is 0 Å². The summed E-state index contributed by atoms with van der Waals surface area (Å²) in [5.74, 6) is 1.94. The third kappa shape index (κ3) is 4.98. The lowest BCUT2D eigenvalue weighted by molar-refractivity contribution is 1.07. The van der Waals surface area contributed by atoms with E-state index in [9.17, 15) is 0 Å². The summed E-state index contributed by atoms with van der Waals surface area (Å²) in [6.07, 6.45) is 0. The van der Waals surface area contributed by atoms with Crippen molar-refractivity contribution in [3.05, 3.63) is 188 Å². The van der Waals surface area contributed by atoms with Gasteiger partial charge >= 0.3 is 0 Å². The van der Waals surface area contributed by atoms with Crippen LogP contribution < -0.4 is 0 Å². The van der Waals surface area contributed by atoms with Crippen molar-refractivity contribution in [2.75, 3.05) is 0 Å². The molecule has 4 heterocycles. The topological polar surface area (TPSA) is 48.5 Å². The van der Waals surface area contributed by atoms with Gasteiger partial charge in [-0.3, -0.25) is 0 Å². The molecule has 0 amide bonds. The number of hydrogen-bond donors (Lipinski definition) is 0. The predicted molar refractivity (Wildman–Crippen MR) is 238 cm³/mol. The van der Waals surface area contributed by atoms with Crippen LogP contribution in [0.4, 0.5) is 0 Å². The molecular weight excluding hydrogens is 715 g/mol. The molecule has 0 aliphatic rings. The highest BCUT2D eigenvalue weighted by Gasteiger charge is 2.21. The van der Waals surface area contributed by atoms with Crippen LogP contribution in [0.1, 0.15) is 0 Å². The van der Waals surface area contributed by atoms with E-state index in [1.807, 2.05) is 36.4 Å². The zero-order chi connectivity index (χ0) is 37.5. The van der Waals surface area contributed by atoms with Gasteiger partial charge < -0.3 is 9.13 Å². The van der Waals surface area contributed by atoms with Gasteiger partial charge in [0.15, 0.2) is 17.5 Å². The molecule has 0 radical (unpaired) electrons. The summed E-state index contributed by atoms with van der Waals surface area (Å²) in [4.78, 5) is 15.5. The van der Waals surface area contributed by atoms with E-state index in [-0.39, 0.29) is 0 Å².